The monoisotopic (exact) mass is 575 g/mol. The number of aryl methyl sites for hydroxylation is 1. The van der Waals surface area contributed by atoms with E-state index in [9.17, 15) is 4.79 Å². The number of nitrogens with one attached hydrogen (secondary N) is 2. The number of anilines is 2. The van der Waals surface area contributed by atoms with Crippen LogP contribution >= 0.6 is 0 Å². The van der Waals surface area contributed by atoms with Gasteiger partial charge in [0, 0.05) is 79.1 Å². The summed E-state index contributed by atoms with van der Waals surface area (Å²) in [5.41, 5.74) is 9.74. The predicted octanol–water partition coefficient (Wildman–Crippen LogP) is 5.59. The molecular formula is C34H37N7O2. The first kappa shape index (κ1) is 28.4. The molecule has 9 nitrogen and oxygen atoms in total. The number of ether oxygens (including phenoxy) is 1. The number of carbonyl (C=O) groups is 1. The zero-order chi connectivity index (χ0) is 29.9. The topological polar surface area (TPSA) is 91.3 Å². The molecular weight excluding hydrogens is 538 g/mol. The van der Waals surface area contributed by atoms with Gasteiger partial charge in [0.05, 0.1) is 25.0 Å². The highest BCUT2D eigenvalue weighted by atomic mass is 16.5. The van der Waals surface area contributed by atoms with Crippen LogP contribution in [0, 0.1) is 6.92 Å². The molecule has 0 aliphatic carbocycles. The Labute approximate surface area is 251 Å². The Morgan fingerprint density at radius 2 is 1.79 bits per heavy atom. The second-order valence-corrected chi connectivity index (χ2v) is 11.0. The summed E-state index contributed by atoms with van der Waals surface area (Å²) in [6.07, 6.45) is 7.04. The second kappa shape index (κ2) is 12.2. The van der Waals surface area contributed by atoms with E-state index in [0.29, 0.717) is 13.2 Å². The largest absolute Gasteiger partial charge is 0.383 e. The minimum absolute atomic E-state index is 0.242. The molecule has 0 radical (unpaired) electrons. The van der Waals surface area contributed by atoms with E-state index in [0.717, 1.165) is 82.0 Å². The van der Waals surface area contributed by atoms with Crippen molar-refractivity contribution >= 4 is 28.3 Å². The molecule has 1 aliphatic rings. The number of likely N-dealkylation sites (N-methyl/N-ethyl adjacent to an activating group) is 1. The minimum atomic E-state index is -0.242. The number of amides is 1. The van der Waals surface area contributed by atoms with E-state index >= 15 is 0 Å². The van der Waals surface area contributed by atoms with Gasteiger partial charge in [0.25, 0.3) is 0 Å². The molecule has 6 rings (SSSR count). The van der Waals surface area contributed by atoms with Crippen LogP contribution < -0.4 is 10.2 Å². The number of nitrogens with zero attached hydrogens (tertiary/aromatic N) is 5. The predicted molar refractivity (Wildman–Crippen MR) is 173 cm³/mol. The Balaban J connectivity index is 1.45. The van der Waals surface area contributed by atoms with Crippen LogP contribution in [0.3, 0.4) is 0 Å². The molecule has 2 N–H and O–H groups in total. The van der Waals surface area contributed by atoms with Crippen molar-refractivity contribution in [2.75, 3.05) is 57.2 Å². The fourth-order valence-electron chi connectivity index (χ4n) is 5.56. The third-order valence-electron chi connectivity index (χ3n) is 8.14. The number of H-pyrrole nitrogens is 1. The fourth-order valence-corrected chi connectivity index (χ4v) is 5.56. The molecule has 43 heavy (non-hydrogen) atoms. The Morgan fingerprint density at radius 3 is 2.53 bits per heavy atom. The SMILES string of the molecule is C=CC(=O)Nc1cc(-c2c(-c3ccc(N4CCN(C)CC4)cc3)[nH]c3ncc(-c4cnn(CCOC)c4)cc23)ccc1C. The fraction of sp³-hybridized carbons (Fsp3) is 0.265. The van der Waals surface area contributed by atoms with Crippen molar-refractivity contribution in [1.29, 1.82) is 0 Å². The smallest absolute Gasteiger partial charge is 0.247 e. The van der Waals surface area contributed by atoms with E-state index in [1.165, 1.54) is 11.8 Å². The van der Waals surface area contributed by atoms with Crippen LogP contribution in [0.1, 0.15) is 5.56 Å². The van der Waals surface area contributed by atoms with Gasteiger partial charge in [0.1, 0.15) is 5.65 Å². The molecule has 1 fully saturated rings. The van der Waals surface area contributed by atoms with Crippen LogP contribution in [-0.2, 0) is 16.1 Å². The van der Waals surface area contributed by atoms with Gasteiger partial charge in [-0.2, -0.15) is 5.10 Å². The summed E-state index contributed by atoms with van der Waals surface area (Å²) < 4.78 is 7.09. The van der Waals surface area contributed by atoms with E-state index in [1.54, 1.807) is 7.11 Å². The molecule has 0 spiro atoms. The number of carbonyl (C=O) groups excluding carboxylic acids is 1. The first-order chi connectivity index (χ1) is 20.9. The van der Waals surface area contributed by atoms with Gasteiger partial charge in [-0.15, -0.1) is 0 Å². The Morgan fingerprint density at radius 1 is 1.02 bits per heavy atom. The van der Waals surface area contributed by atoms with Gasteiger partial charge in [-0.1, -0.05) is 30.8 Å². The highest BCUT2D eigenvalue weighted by Gasteiger charge is 2.20. The molecule has 0 atom stereocenters. The number of pyridine rings is 1. The van der Waals surface area contributed by atoms with Crippen LogP contribution in [-0.4, -0.2) is 77.5 Å². The summed E-state index contributed by atoms with van der Waals surface area (Å²) in [6, 6.07) is 17.1. The summed E-state index contributed by atoms with van der Waals surface area (Å²) in [5, 5.41) is 8.45. The lowest BCUT2D eigenvalue weighted by atomic mass is 9.96. The molecule has 5 aromatic rings. The van der Waals surface area contributed by atoms with Crippen LogP contribution in [0.15, 0.2) is 79.8 Å². The number of piperazine rings is 1. The quantitative estimate of drug-likeness (QED) is 0.223. The van der Waals surface area contributed by atoms with Gasteiger partial charge in [0.2, 0.25) is 5.91 Å². The summed E-state index contributed by atoms with van der Waals surface area (Å²) in [4.78, 5) is 25.5. The van der Waals surface area contributed by atoms with Gasteiger partial charge >= 0.3 is 0 Å². The Kier molecular flexibility index (Phi) is 8.09. The molecule has 1 aliphatic heterocycles. The molecule has 1 saturated heterocycles. The summed E-state index contributed by atoms with van der Waals surface area (Å²) in [5.74, 6) is -0.242. The maximum atomic E-state index is 12.2. The van der Waals surface area contributed by atoms with Gasteiger partial charge in [-0.05, 0) is 61.0 Å². The molecule has 3 aromatic heterocycles. The molecule has 0 bridgehead atoms. The maximum Gasteiger partial charge on any atom is 0.247 e. The Hall–Kier alpha value is -4.73. The lowest BCUT2D eigenvalue weighted by Crippen LogP contribution is -2.44. The molecule has 2 aromatic carbocycles. The minimum Gasteiger partial charge on any atom is -0.383 e. The summed E-state index contributed by atoms with van der Waals surface area (Å²) >= 11 is 0. The maximum absolute atomic E-state index is 12.2. The number of rotatable bonds is 9. The number of hydrogen-bond donors (Lipinski definition) is 2. The third-order valence-corrected chi connectivity index (χ3v) is 8.14. The van der Waals surface area contributed by atoms with E-state index in [-0.39, 0.29) is 5.91 Å². The molecule has 0 unspecified atom stereocenters. The van der Waals surface area contributed by atoms with Crippen molar-refractivity contribution in [3.63, 3.8) is 0 Å². The number of aromatic nitrogens is 4. The van der Waals surface area contributed by atoms with Gasteiger partial charge in [-0.3, -0.25) is 9.48 Å². The van der Waals surface area contributed by atoms with Gasteiger partial charge in [0.15, 0.2) is 0 Å². The van der Waals surface area contributed by atoms with Crippen molar-refractivity contribution in [2.45, 2.75) is 13.5 Å². The van der Waals surface area contributed by atoms with E-state index in [1.807, 2.05) is 42.3 Å². The third kappa shape index (κ3) is 5.95. The highest BCUT2D eigenvalue weighted by molar-refractivity contribution is 6.05. The molecule has 4 heterocycles. The lowest BCUT2D eigenvalue weighted by Gasteiger charge is -2.34. The zero-order valence-electron chi connectivity index (χ0n) is 24.9. The lowest BCUT2D eigenvalue weighted by molar-refractivity contribution is -0.111. The van der Waals surface area contributed by atoms with Crippen LogP contribution in [0.2, 0.25) is 0 Å². The summed E-state index contributed by atoms with van der Waals surface area (Å²) in [7, 11) is 3.86. The van der Waals surface area contributed by atoms with E-state index in [4.69, 9.17) is 9.72 Å². The number of benzene rings is 2. The first-order valence-corrected chi connectivity index (χ1v) is 14.6. The Bertz CT molecular complexity index is 1760. The van der Waals surface area contributed by atoms with Crippen LogP contribution in [0.25, 0.3) is 44.5 Å². The first-order valence-electron chi connectivity index (χ1n) is 14.6. The van der Waals surface area contributed by atoms with Gasteiger partial charge < -0.3 is 24.8 Å². The van der Waals surface area contributed by atoms with Crippen molar-refractivity contribution in [2.24, 2.45) is 0 Å². The standard InChI is InChI=1S/C34H37N7O2/c1-5-31(42)37-30-19-25(7-6-23(30)2)32-29-18-26(27-21-36-41(22-27)16-17-43-4)20-35-34(29)38-33(32)24-8-10-28(11-9-24)40-14-12-39(3)13-15-40/h5-11,18-22H,1,12-17H2,2-4H3,(H,35,38)(H,37,42). The highest BCUT2D eigenvalue weighted by Crippen LogP contribution is 2.41. The van der Waals surface area contributed by atoms with Crippen LogP contribution in [0.4, 0.5) is 11.4 Å². The normalized spacial score (nSPS) is 13.9. The second-order valence-electron chi connectivity index (χ2n) is 11.0. The van der Waals surface area contributed by atoms with Crippen LogP contribution in [0.5, 0.6) is 0 Å². The average Bonchev–Trinajstić information content (AvgIpc) is 3.66. The number of aromatic amines is 1. The average molecular weight is 576 g/mol. The van der Waals surface area contributed by atoms with Gasteiger partial charge in [-0.25, -0.2) is 4.98 Å². The van der Waals surface area contributed by atoms with E-state index < -0.39 is 0 Å². The number of hydrogen-bond acceptors (Lipinski definition) is 6. The molecule has 9 heteroatoms. The van der Waals surface area contributed by atoms with E-state index in [2.05, 4.69) is 75.2 Å². The van der Waals surface area contributed by atoms with Crippen molar-refractivity contribution in [1.82, 2.24) is 24.6 Å². The summed E-state index contributed by atoms with van der Waals surface area (Å²) in [6.45, 7) is 11.0. The number of methoxy groups -OCH3 is 1. The molecule has 220 valence electrons. The number of fused-ring (bicyclic) bond motifs is 1. The van der Waals surface area contributed by atoms with Crippen molar-refractivity contribution in [3.8, 4) is 33.5 Å². The molecule has 1 amide bonds. The van der Waals surface area contributed by atoms with Crippen molar-refractivity contribution < 1.29 is 9.53 Å². The molecule has 0 saturated carbocycles. The zero-order valence-corrected chi connectivity index (χ0v) is 24.9. The van der Waals surface area contributed by atoms with Crippen molar-refractivity contribution in [3.05, 3.63) is 85.3 Å².